The number of unbranched alkanes of at least 4 members (excludes halogenated alkanes) is 15. The van der Waals surface area contributed by atoms with Crippen LogP contribution in [0.15, 0.2) is 0 Å². The molecule has 0 aromatic carbocycles. The highest BCUT2D eigenvalue weighted by Crippen LogP contribution is 2.15. The second-order valence-corrected chi connectivity index (χ2v) is 8.99. The first-order valence-electron chi connectivity index (χ1n) is 10.9. The van der Waals surface area contributed by atoms with Crippen LogP contribution in [0.3, 0.4) is 0 Å². The van der Waals surface area contributed by atoms with Gasteiger partial charge >= 0.3 is 0 Å². The lowest BCUT2D eigenvalue weighted by molar-refractivity contribution is -0.778. The molecule has 26 heavy (non-hydrogen) atoms. The normalized spacial score (nSPS) is 13.6. The Morgan fingerprint density at radius 3 is 1.27 bits per heavy atom. The molecular weight excluding hydrogens is 366 g/mol. The van der Waals surface area contributed by atoms with Crippen molar-refractivity contribution < 1.29 is 26.5 Å². The molecule has 0 aliphatic carbocycles. The summed E-state index contributed by atoms with van der Waals surface area (Å²) in [6, 6.07) is 0. The molecule has 0 aliphatic rings. The molecule has 0 spiro atoms. The summed E-state index contributed by atoms with van der Waals surface area (Å²) in [5.74, 6) is 0. The maximum absolute atomic E-state index is 9.01. The molecule has 5 heteroatoms. The van der Waals surface area contributed by atoms with Crippen molar-refractivity contribution in [1.82, 2.24) is 0 Å². The second-order valence-electron chi connectivity index (χ2n) is 8.03. The SMILES string of the molecule is CCCCCCCCCCCCCCCCCC[N+](C)(S)CC(O)O.[Cl-]. The fourth-order valence-corrected chi connectivity index (χ4v) is 3.73. The Balaban J connectivity index is 0. The maximum atomic E-state index is 9.01. The first-order chi connectivity index (χ1) is 12.0. The Kier molecular flexibility index (Phi) is 22.4. The van der Waals surface area contributed by atoms with Crippen molar-refractivity contribution in [2.45, 2.75) is 116 Å². The summed E-state index contributed by atoms with van der Waals surface area (Å²) < 4.78 is 0.399. The van der Waals surface area contributed by atoms with Crippen LogP contribution in [0.1, 0.15) is 110 Å². The van der Waals surface area contributed by atoms with Gasteiger partial charge in [-0.2, -0.15) is 0 Å². The predicted molar refractivity (Wildman–Crippen MR) is 113 cm³/mol. The van der Waals surface area contributed by atoms with E-state index in [1.54, 1.807) is 0 Å². The molecule has 160 valence electrons. The highest BCUT2D eigenvalue weighted by molar-refractivity contribution is 7.74. The third-order valence-electron chi connectivity index (χ3n) is 5.05. The van der Waals surface area contributed by atoms with E-state index in [0.717, 1.165) is 13.0 Å². The van der Waals surface area contributed by atoms with Crippen molar-refractivity contribution in [3.8, 4) is 0 Å². The van der Waals surface area contributed by atoms with E-state index in [-0.39, 0.29) is 12.4 Å². The monoisotopic (exact) mass is 411 g/mol. The highest BCUT2D eigenvalue weighted by Gasteiger charge is 2.19. The number of aliphatic hydroxyl groups is 2. The van der Waals surface area contributed by atoms with Crippen molar-refractivity contribution in [3.05, 3.63) is 0 Å². The lowest BCUT2D eigenvalue weighted by Gasteiger charge is -2.27. The molecule has 0 fully saturated rings. The van der Waals surface area contributed by atoms with E-state index in [4.69, 9.17) is 10.2 Å². The Bertz CT molecular complexity index is 279. The van der Waals surface area contributed by atoms with Gasteiger partial charge in [-0.3, -0.25) is 3.89 Å². The van der Waals surface area contributed by atoms with Crippen LogP contribution in [0.4, 0.5) is 0 Å². The smallest absolute Gasteiger partial charge is 0.203 e. The van der Waals surface area contributed by atoms with E-state index in [0.29, 0.717) is 10.4 Å². The van der Waals surface area contributed by atoms with E-state index >= 15 is 0 Å². The zero-order valence-electron chi connectivity index (χ0n) is 17.5. The second kappa shape index (κ2) is 20.3. The minimum Gasteiger partial charge on any atom is -1.00 e. The van der Waals surface area contributed by atoms with Gasteiger partial charge in [-0.25, -0.2) is 0 Å². The molecule has 0 aliphatic heterocycles. The molecule has 0 amide bonds. The summed E-state index contributed by atoms with van der Waals surface area (Å²) in [5.41, 5.74) is 0. The van der Waals surface area contributed by atoms with Crippen LogP contribution in [-0.4, -0.2) is 40.5 Å². The summed E-state index contributed by atoms with van der Waals surface area (Å²) in [7, 11) is 1.94. The van der Waals surface area contributed by atoms with Crippen LogP contribution in [0.25, 0.3) is 0 Å². The summed E-state index contributed by atoms with van der Waals surface area (Å²) in [6.07, 6.45) is 20.7. The van der Waals surface area contributed by atoms with Crippen LogP contribution in [0, 0.1) is 0 Å². The highest BCUT2D eigenvalue weighted by atomic mass is 35.5. The molecule has 0 aromatic rings. The van der Waals surface area contributed by atoms with Gasteiger partial charge in [0.1, 0.15) is 6.54 Å². The number of thiol groups is 1. The zero-order chi connectivity index (χ0) is 18.8. The summed E-state index contributed by atoms with van der Waals surface area (Å²) in [6.45, 7) is 3.48. The van der Waals surface area contributed by atoms with Crippen LogP contribution >= 0.6 is 12.8 Å². The summed E-state index contributed by atoms with van der Waals surface area (Å²) in [4.78, 5) is 0. The lowest BCUT2D eigenvalue weighted by atomic mass is 10.0. The number of hydrogen-bond donors (Lipinski definition) is 3. The van der Waals surface area contributed by atoms with Gasteiger partial charge in [0, 0.05) is 0 Å². The third-order valence-corrected chi connectivity index (χ3v) is 5.41. The van der Waals surface area contributed by atoms with Crippen molar-refractivity contribution >= 4 is 12.8 Å². The van der Waals surface area contributed by atoms with Gasteiger partial charge in [0.2, 0.25) is 6.29 Å². The van der Waals surface area contributed by atoms with E-state index < -0.39 is 6.29 Å². The van der Waals surface area contributed by atoms with Gasteiger partial charge in [0.15, 0.2) is 0 Å². The summed E-state index contributed by atoms with van der Waals surface area (Å²) in [5, 5.41) is 18.0. The van der Waals surface area contributed by atoms with Crippen LogP contribution in [-0.2, 0) is 0 Å². The number of aliphatic hydroxyl groups excluding tert-OH is 1. The minimum atomic E-state index is -1.26. The average molecular weight is 412 g/mol. The Morgan fingerprint density at radius 1 is 0.654 bits per heavy atom. The molecular formula is C21H46ClNO2S. The van der Waals surface area contributed by atoms with Gasteiger partial charge < -0.3 is 22.6 Å². The maximum Gasteiger partial charge on any atom is 0.203 e. The molecule has 0 radical (unpaired) electrons. The average Bonchev–Trinajstić information content (AvgIpc) is 2.53. The Morgan fingerprint density at radius 2 is 0.962 bits per heavy atom. The van der Waals surface area contributed by atoms with Gasteiger partial charge in [-0.05, 0) is 12.8 Å². The predicted octanol–water partition coefficient (Wildman–Crippen LogP) is 2.85. The number of nitrogens with zero attached hydrogens (tertiary/aromatic N) is 1. The molecule has 1 unspecified atom stereocenters. The quantitative estimate of drug-likeness (QED) is 0.132. The molecule has 0 heterocycles. The fourth-order valence-electron chi connectivity index (χ4n) is 3.44. The number of rotatable bonds is 19. The largest absolute Gasteiger partial charge is 1.00 e. The first kappa shape index (κ1) is 28.7. The van der Waals surface area contributed by atoms with Crippen LogP contribution < -0.4 is 12.4 Å². The van der Waals surface area contributed by atoms with Crippen molar-refractivity contribution in [2.24, 2.45) is 0 Å². The Labute approximate surface area is 175 Å². The number of quaternary nitrogens is 1. The molecule has 0 aromatic heterocycles. The van der Waals surface area contributed by atoms with Gasteiger partial charge in [-0.15, -0.1) is 0 Å². The van der Waals surface area contributed by atoms with Crippen molar-refractivity contribution in [2.75, 3.05) is 20.1 Å². The molecule has 0 bridgehead atoms. The van der Waals surface area contributed by atoms with E-state index in [9.17, 15) is 0 Å². The van der Waals surface area contributed by atoms with Crippen molar-refractivity contribution in [3.63, 3.8) is 0 Å². The molecule has 0 rings (SSSR count). The zero-order valence-corrected chi connectivity index (χ0v) is 19.1. The van der Waals surface area contributed by atoms with E-state index in [1.807, 2.05) is 7.05 Å². The molecule has 2 N–H and O–H groups in total. The topological polar surface area (TPSA) is 40.5 Å². The molecule has 1 atom stereocenters. The first-order valence-corrected chi connectivity index (χ1v) is 11.3. The standard InChI is InChI=1S/C21H46NO2S.ClH/c1-3-4-5-6-7-8-9-10-11-12-13-14-15-16-17-18-19-22(2,25)20-21(23)24;/h21,23-25H,3-20H2,1-2H3;1H/q+1;/p-1. The van der Waals surface area contributed by atoms with Crippen molar-refractivity contribution in [1.29, 1.82) is 0 Å². The molecule has 3 nitrogen and oxygen atoms in total. The Hall–Kier alpha value is 0.520. The van der Waals surface area contributed by atoms with E-state index in [1.165, 1.54) is 96.3 Å². The van der Waals surface area contributed by atoms with Crippen LogP contribution in [0.5, 0.6) is 0 Å². The molecule has 0 saturated carbocycles. The minimum absolute atomic E-state index is 0. The van der Waals surface area contributed by atoms with Gasteiger partial charge in [0.25, 0.3) is 0 Å². The summed E-state index contributed by atoms with van der Waals surface area (Å²) >= 11 is 4.47. The fraction of sp³-hybridized carbons (Fsp3) is 1.00. The van der Waals surface area contributed by atoms with E-state index in [2.05, 4.69) is 19.7 Å². The number of halogens is 1. The lowest BCUT2D eigenvalue weighted by Crippen LogP contribution is -3.00. The number of likely N-dealkylation sites (N-methyl/N-ethyl adjacent to an activating group) is 1. The number of hydrogen-bond acceptors (Lipinski definition) is 3. The third kappa shape index (κ3) is 22.6. The van der Waals surface area contributed by atoms with Crippen LogP contribution in [0.2, 0.25) is 0 Å². The van der Waals surface area contributed by atoms with Gasteiger partial charge in [-0.1, -0.05) is 96.8 Å². The molecule has 0 saturated heterocycles. The van der Waals surface area contributed by atoms with Gasteiger partial charge in [0.05, 0.1) is 26.4 Å².